The quantitative estimate of drug-likeness (QED) is 0.218. The van der Waals surface area contributed by atoms with Crippen LogP contribution in [0.25, 0.3) is 49.7 Å². The molecule has 0 fully saturated rings. The lowest BCUT2D eigenvalue weighted by Gasteiger charge is -2.39. The van der Waals surface area contributed by atoms with E-state index in [-0.39, 0.29) is 0 Å². The van der Waals surface area contributed by atoms with Crippen molar-refractivity contribution in [2.45, 2.75) is 5.41 Å². The molecule has 9 rings (SSSR count). The molecular formula is C38H22N2. The van der Waals surface area contributed by atoms with Crippen LogP contribution in [0.3, 0.4) is 0 Å². The summed E-state index contributed by atoms with van der Waals surface area (Å²) < 4.78 is 2.48. The molecule has 1 spiro atoms. The van der Waals surface area contributed by atoms with Gasteiger partial charge in [-0.05, 0) is 68.8 Å². The largest absolute Gasteiger partial charge is 0.309 e. The lowest BCUT2D eigenvalue weighted by Crippen LogP contribution is -2.33. The molecule has 0 N–H and O–H groups in total. The van der Waals surface area contributed by atoms with Crippen LogP contribution in [0.1, 0.15) is 27.8 Å². The zero-order valence-corrected chi connectivity index (χ0v) is 21.6. The van der Waals surface area contributed by atoms with Crippen molar-refractivity contribution in [2.75, 3.05) is 0 Å². The summed E-state index contributed by atoms with van der Waals surface area (Å²) in [5, 5.41) is 12.0. The average Bonchev–Trinajstić information content (AvgIpc) is 3.52. The highest BCUT2D eigenvalue weighted by atomic mass is 15.0. The Balaban J connectivity index is 1.49. The Morgan fingerprint density at radius 2 is 1.18 bits per heavy atom. The zero-order chi connectivity index (χ0) is 26.4. The monoisotopic (exact) mass is 506 g/mol. The highest BCUT2D eigenvalue weighted by molar-refractivity contribution is 6.13. The van der Waals surface area contributed by atoms with E-state index in [4.69, 9.17) is 0 Å². The van der Waals surface area contributed by atoms with Crippen molar-refractivity contribution in [1.82, 2.24) is 4.57 Å². The Kier molecular flexibility index (Phi) is 4.09. The topological polar surface area (TPSA) is 28.7 Å². The van der Waals surface area contributed by atoms with E-state index in [2.05, 4.69) is 132 Å². The molecule has 1 unspecified atom stereocenters. The van der Waals surface area contributed by atoms with Crippen LogP contribution in [0.5, 0.6) is 0 Å². The van der Waals surface area contributed by atoms with Crippen molar-refractivity contribution in [3.63, 3.8) is 0 Å². The molecule has 6 aromatic carbocycles. The summed E-state index contributed by atoms with van der Waals surface area (Å²) in [7, 11) is 0. The fraction of sp³-hybridized carbons (Fsp3) is 0.0263. The summed E-state index contributed by atoms with van der Waals surface area (Å²) in [5.74, 6) is 0. The van der Waals surface area contributed by atoms with Gasteiger partial charge in [-0.1, -0.05) is 109 Å². The van der Waals surface area contributed by atoms with Crippen molar-refractivity contribution in [1.29, 1.82) is 5.26 Å². The molecule has 2 heterocycles. The maximum atomic E-state index is 9.40. The molecule has 7 aromatic rings. The van der Waals surface area contributed by atoms with Crippen LogP contribution in [0.2, 0.25) is 0 Å². The molecule has 2 nitrogen and oxygen atoms in total. The fourth-order valence-electron chi connectivity index (χ4n) is 7.58. The Hall–Kier alpha value is -5.39. The number of aromatic nitrogens is 1. The Labute approximate surface area is 232 Å². The lowest BCUT2D eigenvalue weighted by molar-refractivity contribution is 0.748. The second kappa shape index (κ2) is 7.59. The molecular weight excluding hydrogens is 484 g/mol. The number of hydrogen-bond acceptors (Lipinski definition) is 1. The van der Waals surface area contributed by atoms with E-state index in [9.17, 15) is 5.26 Å². The highest BCUT2D eigenvalue weighted by Crippen LogP contribution is 2.62. The smallest absolute Gasteiger partial charge is 0.0991 e. The number of hydrogen-bond donors (Lipinski definition) is 0. The summed E-state index contributed by atoms with van der Waals surface area (Å²) in [6.07, 6.45) is 0. The molecule has 1 aromatic heterocycles. The minimum Gasteiger partial charge on any atom is -0.309 e. The molecule has 184 valence electrons. The van der Waals surface area contributed by atoms with Gasteiger partial charge in [0.2, 0.25) is 0 Å². The minimum absolute atomic E-state index is 0.449. The first-order valence-electron chi connectivity index (χ1n) is 13.7. The number of benzene rings is 6. The number of fused-ring (bicyclic) bond motifs is 12. The van der Waals surface area contributed by atoms with Crippen molar-refractivity contribution >= 4 is 21.8 Å². The summed E-state index contributed by atoms with van der Waals surface area (Å²) in [6.45, 7) is 0. The molecule has 1 atom stereocenters. The van der Waals surface area contributed by atoms with Crippen molar-refractivity contribution < 1.29 is 0 Å². The second-order valence-electron chi connectivity index (χ2n) is 10.8. The van der Waals surface area contributed by atoms with Gasteiger partial charge in [0.25, 0.3) is 0 Å². The third kappa shape index (κ3) is 2.44. The van der Waals surface area contributed by atoms with E-state index in [1.165, 1.54) is 66.4 Å². The summed E-state index contributed by atoms with van der Waals surface area (Å²) >= 11 is 0. The van der Waals surface area contributed by atoms with Crippen molar-refractivity contribution in [3.8, 4) is 34.0 Å². The molecule has 40 heavy (non-hydrogen) atoms. The Bertz CT molecular complexity index is 2230. The van der Waals surface area contributed by atoms with Gasteiger partial charge in [-0.2, -0.15) is 5.26 Å². The maximum absolute atomic E-state index is 9.40. The second-order valence-corrected chi connectivity index (χ2v) is 10.8. The summed E-state index contributed by atoms with van der Waals surface area (Å²) in [5.41, 5.74) is 14.1. The van der Waals surface area contributed by atoms with Crippen molar-refractivity contribution in [2.24, 2.45) is 0 Å². The van der Waals surface area contributed by atoms with Gasteiger partial charge in [-0.15, -0.1) is 0 Å². The molecule has 0 bridgehead atoms. The first kappa shape index (κ1) is 21.5. The number of nitriles is 1. The fourth-order valence-corrected chi connectivity index (χ4v) is 7.58. The van der Waals surface area contributed by atoms with E-state index in [1.54, 1.807) is 0 Å². The first-order valence-corrected chi connectivity index (χ1v) is 13.7. The number of para-hydroxylation sites is 3. The standard InChI is InChI=1S/C38H22N2/c39-23-24-19-21-25(22-20-24)26-11-7-15-32-36(26)29-10-1-3-13-30(29)38(32)31-14-4-6-18-35(31)40-34-17-5-2-9-27(34)28-12-8-16-33(38)37(28)40/h1-22H. The van der Waals surface area contributed by atoms with Gasteiger partial charge in [0.05, 0.1) is 33.8 Å². The van der Waals surface area contributed by atoms with Crippen molar-refractivity contribution in [3.05, 3.63) is 161 Å². The minimum atomic E-state index is -0.449. The lowest BCUT2D eigenvalue weighted by atomic mass is 9.65. The average molecular weight is 507 g/mol. The van der Waals surface area contributed by atoms with Gasteiger partial charge in [-0.25, -0.2) is 0 Å². The van der Waals surface area contributed by atoms with E-state index in [0.29, 0.717) is 5.56 Å². The van der Waals surface area contributed by atoms with E-state index in [1.807, 2.05) is 12.1 Å². The Morgan fingerprint density at radius 3 is 2.05 bits per heavy atom. The van der Waals surface area contributed by atoms with Crippen LogP contribution in [-0.4, -0.2) is 4.57 Å². The van der Waals surface area contributed by atoms with Gasteiger partial charge in [0.15, 0.2) is 0 Å². The van der Waals surface area contributed by atoms with Crippen LogP contribution in [0, 0.1) is 11.3 Å². The van der Waals surface area contributed by atoms with Crippen LogP contribution in [0.4, 0.5) is 0 Å². The zero-order valence-electron chi connectivity index (χ0n) is 21.6. The number of rotatable bonds is 1. The van der Waals surface area contributed by atoms with Gasteiger partial charge in [0.1, 0.15) is 0 Å². The SMILES string of the molecule is N#Cc1ccc(-c2cccc3c2-c2ccccc2C32c3ccccc3-n3c4ccccc4c4cccc2c43)cc1. The van der Waals surface area contributed by atoms with Crippen LogP contribution >= 0.6 is 0 Å². The summed E-state index contributed by atoms with van der Waals surface area (Å²) in [6, 6.07) is 50.5. The van der Waals surface area contributed by atoms with E-state index >= 15 is 0 Å². The first-order chi connectivity index (χ1) is 19.8. The molecule has 0 radical (unpaired) electrons. The predicted octanol–water partition coefficient (Wildman–Crippen LogP) is 9.00. The Morgan fingerprint density at radius 1 is 0.525 bits per heavy atom. The molecule has 0 saturated carbocycles. The third-order valence-corrected chi connectivity index (χ3v) is 9.04. The molecule has 1 aliphatic heterocycles. The van der Waals surface area contributed by atoms with E-state index in [0.717, 1.165) is 5.56 Å². The third-order valence-electron chi connectivity index (χ3n) is 9.04. The van der Waals surface area contributed by atoms with Gasteiger partial charge in [-0.3, -0.25) is 0 Å². The predicted molar refractivity (Wildman–Crippen MR) is 162 cm³/mol. The van der Waals surface area contributed by atoms with Crippen LogP contribution < -0.4 is 0 Å². The molecule has 1 aliphatic carbocycles. The number of nitrogens with zero attached hydrogens (tertiary/aromatic N) is 2. The van der Waals surface area contributed by atoms with E-state index < -0.39 is 5.41 Å². The molecule has 0 saturated heterocycles. The maximum Gasteiger partial charge on any atom is 0.0991 e. The van der Waals surface area contributed by atoms with Crippen LogP contribution in [-0.2, 0) is 5.41 Å². The van der Waals surface area contributed by atoms with Crippen LogP contribution in [0.15, 0.2) is 133 Å². The van der Waals surface area contributed by atoms with Gasteiger partial charge in [0, 0.05) is 10.8 Å². The van der Waals surface area contributed by atoms with Gasteiger partial charge >= 0.3 is 0 Å². The normalized spacial score (nSPS) is 16.1. The van der Waals surface area contributed by atoms with Gasteiger partial charge < -0.3 is 4.57 Å². The molecule has 2 aliphatic rings. The highest BCUT2D eigenvalue weighted by Gasteiger charge is 2.51. The molecule has 2 heteroatoms. The summed E-state index contributed by atoms with van der Waals surface area (Å²) in [4.78, 5) is 0. The molecule has 0 amide bonds.